The first-order chi connectivity index (χ1) is 14.1. The van der Waals surface area contributed by atoms with Gasteiger partial charge in [0.1, 0.15) is 11.5 Å². The minimum absolute atomic E-state index is 0.256. The maximum atomic E-state index is 14.6. The number of rotatable bonds is 5. The van der Waals surface area contributed by atoms with Gasteiger partial charge in [0.15, 0.2) is 11.3 Å². The van der Waals surface area contributed by atoms with Crippen LogP contribution in [0.1, 0.15) is 37.9 Å². The number of carbonyl (C=O) groups is 1. The molecule has 1 amide bonds. The van der Waals surface area contributed by atoms with E-state index in [4.69, 9.17) is 4.99 Å². The van der Waals surface area contributed by atoms with Crippen LogP contribution in [0.15, 0.2) is 57.0 Å². The molecule has 0 saturated heterocycles. The summed E-state index contributed by atoms with van der Waals surface area (Å²) in [7, 11) is 0. The van der Waals surface area contributed by atoms with Crippen molar-refractivity contribution in [3.8, 4) is 0 Å². The van der Waals surface area contributed by atoms with Gasteiger partial charge >= 0.3 is 0 Å². The average Bonchev–Trinajstić information content (AvgIpc) is 2.71. The van der Waals surface area contributed by atoms with Gasteiger partial charge in [-0.3, -0.25) is 15.1 Å². The van der Waals surface area contributed by atoms with Gasteiger partial charge in [0.2, 0.25) is 0 Å². The van der Waals surface area contributed by atoms with Crippen LogP contribution in [0.3, 0.4) is 0 Å². The average molecular weight is 475 g/mol. The number of thioether (sulfide) groups is 1. The Bertz CT molecular complexity index is 1100. The van der Waals surface area contributed by atoms with E-state index in [1.54, 1.807) is 23.2 Å². The highest BCUT2D eigenvalue weighted by Gasteiger charge is 2.35. The highest BCUT2D eigenvalue weighted by Crippen LogP contribution is 2.32. The molecule has 150 valence electrons. The van der Waals surface area contributed by atoms with Crippen LogP contribution in [0, 0.1) is 5.82 Å². The lowest BCUT2D eigenvalue weighted by Crippen LogP contribution is -2.50. The van der Waals surface area contributed by atoms with Crippen LogP contribution in [0.2, 0.25) is 0 Å². The predicted molar refractivity (Wildman–Crippen MR) is 117 cm³/mol. The number of nitrogens with one attached hydrogen (secondary N) is 1. The molecule has 1 N–H and O–H groups in total. The molecule has 0 spiro atoms. The topological polar surface area (TPSA) is 57.1 Å². The fourth-order valence-corrected chi connectivity index (χ4v) is 4.54. The highest BCUT2D eigenvalue weighted by atomic mass is 79.9. The smallest absolute Gasteiger partial charge is 0.276 e. The van der Waals surface area contributed by atoms with Crippen LogP contribution < -0.4 is 15.9 Å². The van der Waals surface area contributed by atoms with Crippen LogP contribution >= 0.6 is 27.7 Å². The molecule has 2 aliphatic rings. The molecule has 5 nitrogen and oxygen atoms in total. The Hall–Kier alpha value is -2.19. The number of amides is 1. The second kappa shape index (κ2) is 8.67. The van der Waals surface area contributed by atoms with E-state index in [1.807, 2.05) is 18.2 Å². The van der Waals surface area contributed by atoms with Gasteiger partial charge in [0, 0.05) is 21.0 Å². The highest BCUT2D eigenvalue weighted by molar-refractivity contribution is 9.10. The number of benzene rings is 2. The maximum absolute atomic E-state index is 14.6. The molecule has 0 bridgehead atoms. The van der Waals surface area contributed by atoms with Gasteiger partial charge in [0.25, 0.3) is 5.91 Å². The van der Waals surface area contributed by atoms with Crippen molar-refractivity contribution in [2.24, 2.45) is 10.1 Å². The van der Waals surface area contributed by atoms with Crippen molar-refractivity contribution >= 4 is 44.5 Å². The van der Waals surface area contributed by atoms with E-state index in [-0.39, 0.29) is 11.7 Å². The molecule has 1 atom stereocenters. The first-order valence-electron chi connectivity index (χ1n) is 9.52. The van der Waals surface area contributed by atoms with Crippen molar-refractivity contribution in [1.29, 1.82) is 0 Å². The quantitative estimate of drug-likeness (QED) is 0.672. The van der Waals surface area contributed by atoms with Gasteiger partial charge in [-0.15, -0.1) is 5.10 Å². The first kappa shape index (κ1) is 20.1. The van der Waals surface area contributed by atoms with Crippen molar-refractivity contribution in [3.63, 3.8) is 0 Å². The molecule has 0 fully saturated rings. The number of unbranched alkanes of at least 4 members (excludes halogenated alkanes) is 2. The number of carbonyl (C=O) groups excluding carboxylic acids is 1. The number of nitrogens with zero attached hydrogens (tertiary/aromatic N) is 3. The summed E-state index contributed by atoms with van der Waals surface area (Å²) in [5.74, 6) is 0.229. The summed E-state index contributed by atoms with van der Waals surface area (Å²) >= 11 is 4.96. The monoisotopic (exact) mass is 474 g/mol. The largest absolute Gasteiger partial charge is 0.298 e. The van der Waals surface area contributed by atoms with E-state index < -0.39 is 6.17 Å². The van der Waals surface area contributed by atoms with Gasteiger partial charge in [0.05, 0.1) is 5.36 Å². The summed E-state index contributed by atoms with van der Waals surface area (Å²) in [6, 6.07) is 12.0. The fourth-order valence-electron chi connectivity index (χ4n) is 3.32. The molecule has 0 aliphatic carbocycles. The Kier molecular flexibility index (Phi) is 6.01. The molecule has 2 aliphatic heterocycles. The predicted octanol–water partition coefficient (Wildman–Crippen LogP) is 3.65. The maximum Gasteiger partial charge on any atom is 0.276 e. The van der Waals surface area contributed by atoms with E-state index in [0.29, 0.717) is 27.0 Å². The van der Waals surface area contributed by atoms with Crippen LogP contribution in [0.5, 0.6) is 0 Å². The van der Waals surface area contributed by atoms with Crippen LogP contribution in [0.25, 0.3) is 5.70 Å². The third-order valence-electron chi connectivity index (χ3n) is 4.74. The zero-order valence-corrected chi connectivity index (χ0v) is 18.3. The summed E-state index contributed by atoms with van der Waals surface area (Å²) in [4.78, 5) is 17.8. The lowest BCUT2D eigenvalue weighted by molar-refractivity contribution is -0.116. The van der Waals surface area contributed by atoms with Crippen LogP contribution in [-0.2, 0) is 4.79 Å². The molecule has 29 heavy (non-hydrogen) atoms. The Labute approximate surface area is 180 Å². The second-order valence-electron chi connectivity index (χ2n) is 6.79. The molecule has 0 aromatic heterocycles. The Morgan fingerprint density at radius 1 is 1.24 bits per heavy atom. The molecule has 0 unspecified atom stereocenters. The number of halogens is 2. The van der Waals surface area contributed by atoms with Crippen molar-refractivity contribution in [2.75, 3.05) is 5.75 Å². The van der Waals surface area contributed by atoms with Gasteiger partial charge in [-0.05, 0) is 30.7 Å². The van der Waals surface area contributed by atoms with E-state index in [1.165, 1.54) is 17.8 Å². The molecule has 2 aromatic carbocycles. The summed E-state index contributed by atoms with van der Waals surface area (Å²) in [6.07, 6.45) is 2.56. The summed E-state index contributed by atoms with van der Waals surface area (Å²) < 4.78 is 15.4. The molecule has 2 heterocycles. The third-order valence-corrected chi connectivity index (χ3v) is 6.18. The first-order valence-corrected chi connectivity index (χ1v) is 11.3. The van der Waals surface area contributed by atoms with Crippen molar-refractivity contribution in [1.82, 2.24) is 10.3 Å². The molecule has 0 radical (unpaired) electrons. The number of hydrogen-bond acceptors (Lipinski definition) is 5. The minimum atomic E-state index is -0.739. The summed E-state index contributed by atoms with van der Waals surface area (Å²) in [5.41, 5.74) is 0.759. The number of fused-ring (bicyclic) bond motifs is 2. The van der Waals surface area contributed by atoms with Crippen molar-refractivity contribution in [2.45, 2.75) is 32.4 Å². The van der Waals surface area contributed by atoms with Crippen molar-refractivity contribution < 1.29 is 9.18 Å². The standard InChI is InChI=1S/C21H20BrFN4OS/c1-2-3-6-11-29-21-25-20(28)18-15-12-13(22)9-10-17(15)24-19(27(18)26-21)14-7-4-5-8-16(14)23/h4-5,7-10,12,19H,2-3,6,11H2,1H3,(H,25,26,28)/t19-/m0/s1. The molecule has 0 saturated carbocycles. The normalized spacial score (nSPS) is 17.8. The van der Waals surface area contributed by atoms with Gasteiger partial charge in [-0.1, -0.05) is 65.7 Å². The summed E-state index contributed by atoms with van der Waals surface area (Å²) in [5, 5.41) is 10.9. The van der Waals surface area contributed by atoms with Gasteiger partial charge < -0.3 is 0 Å². The van der Waals surface area contributed by atoms with Crippen molar-refractivity contribution in [3.05, 3.63) is 68.9 Å². The number of hydrogen-bond donors (Lipinski definition) is 1. The minimum Gasteiger partial charge on any atom is -0.298 e. The SMILES string of the molecule is CCCCCSC1=NN2C(=c3cc(Br)ccc3=N[C@@H]2c2ccccc2F)C(=O)N1. The molecule has 4 rings (SSSR count). The molecular weight excluding hydrogens is 455 g/mol. The number of hydrazone groups is 1. The second-order valence-corrected chi connectivity index (χ2v) is 8.79. The van der Waals surface area contributed by atoms with Gasteiger partial charge in [-0.2, -0.15) is 0 Å². The van der Waals surface area contributed by atoms with E-state index in [2.05, 4.69) is 33.3 Å². The van der Waals surface area contributed by atoms with Crippen LogP contribution in [0.4, 0.5) is 4.39 Å². The molecule has 8 heteroatoms. The lowest BCUT2D eigenvalue weighted by atomic mass is 10.1. The van der Waals surface area contributed by atoms with E-state index >= 15 is 0 Å². The number of amidine groups is 1. The Morgan fingerprint density at radius 2 is 2.07 bits per heavy atom. The molecule has 2 aromatic rings. The molecular formula is C21H20BrFN4OS. The summed E-state index contributed by atoms with van der Waals surface area (Å²) in [6.45, 7) is 2.15. The van der Waals surface area contributed by atoms with E-state index in [0.717, 1.165) is 29.5 Å². The van der Waals surface area contributed by atoms with Gasteiger partial charge in [-0.25, -0.2) is 9.40 Å². The van der Waals surface area contributed by atoms with Crippen LogP contribution in [-0.4, -0.2) is 21.8 Å². The zero-order valence-electron chi connectivity index (χ0n) is 15.9. The Balaban J connectivity index is 1.82. The third kappa shape index (κ3) is 4.09. The van der Waals surface area contributed by atoms with E-state index in [9.17, 15) is 9.18 Å². The Morgan fingerprint density at radius 3 is 2.86 bits per heavy atom. The zero-order chi connectivity index (χ0) is 20.4. The lowest BCUT2D eigenvalue weighted by Gasteiger charge is -2.34. The fraction of sp³-hybridized carbons (Fsp3) is 0.286.